The van der Waals surface area contributed by atoms with E-state index in [2.05, 4.69) is 6.58 Å². The van der Waals surface area contributed by atoms with E-state index in [1.165, 1.54) is 0 Å². The molecule has 0 saturated heterocycles. The summed E-state index contributed by atoms with van der Waals surface area (Å²) in [6, 6.07) is 9.65. The Hall–Kier alpha value is -1.50. The maximum absolute atomic E-state index is 5.33. The molecule has 0 aliphatic rings. The second-order valence-corrected chi connectivity index (χ2v) is 2.50. The molecule has 0 aromatic heterocycles. The molecule has 12 heavy (non-hydrogen) atoms. The molecule has 0 saturated carbocycles. The van der Waals surface area contributed by atoms with Gasteiger partial charge < -0.3 is 4.74 Å². The lowest BCUT2D eigenvalue weighted by atomic mass is 10.3. The van der Waals surface area contributed by atoms with Crippen LogP contribution in [0.25, 0.3) is 0 Å². The zero-order chi connectivity index (χ0) is 8.81. The van der Waals surface area contributed by atoms with Crippen LogP contribution in [0.5, 0.6) is 5.75 Å². The molecule has 1 rings (SSSR count). The average Bonchev–Trinajstić information content (AvgIpc) is 2.16. The Balaban J connectivity index is 2.60. The predicted octanol–water partition coefficient (Wildman–Crippen LogP) is 3.16. The van der Waals surface area contributed by atoms with Crippen LogP contribution in [0.1, 0.15) is 6.92 Å². The van der Waals surface area contributed by atoms with Crippen molar-refractivity contribution in [1.29, 1.82) is 0 Å². The van der Waals surface area contributed by atoms with Crippen molar-refractivity contribution in [3.8, 4) is 5.75 Å². The molecule has 0 heterocycles. The summed E-state index contributed by atoms with van der Waals surface area (Å²) in [7, 11) is 0. The zero-order valence-corrected chi connectivity index (χ0v) is 7.16. The van der Waals surface area contributed by atoms with Crippen LogP contribution >= 0.6 is 0 Å². The van der Waals surface area contributed by atoms with Crippen molar-refractivity contribution in [3.05, 3.63) is 54.8 Å². The van der Waals surface area contributed by atoms with Gasteiger partial charge >= 0.3 is 0 Å². The molecule has 0 unspecified atom stereocenters. The molecule has 0 aliphatic heterocycles. The van der Waals surface area contributed by atoms with Gasteiger partial charge in [0.15, 0.2) is 0 Å². The summed E-state index contributed by atoms with van der Waals surface area (Å²) < 4.78 is 5.33. The van der Waals surface area contributed by atoms with Crippen molar-refractivity contribution in [3.63, 3.8) is 0 Å². The van der Waals surface area contributed by atoms with E-state index in [1.807, 2.05) is 37.3 Å². The molecule has 0 radical (unpaired) electrons. The normalized spacial score (nSPS) is 10.9. The van der Waals surface area contributed by atoms with Crippen LogP contribution in [-0.2, 0) is 0 Å². The third-order valence-corrected chi connectivity index (χ3v) is 1.45. The number of ether oxygens (including phenoxy) is 1. The minimum Gasteiger partial charge on any atom is -0.465 e. The van der Waals surface area contributed by atoms with E-state index in [9.17, 15) is 0 Å². The lowest BCUT2D eigenvalue weighted by molar-refractivity contribution is 0.477. The van der Waals surface area contributed by atoms with Crippen molar-refractivity contribution in [2.24, 2.45) is 0 Å². The van der Waals surface area contributed by atoms with Gasteiger partial charge in [-0.05, 0) is 24.6 Å². The van der Waals surface area contributed by atoms with E-state index in [1.54, 1.807) is 12.3 Å². The molecular weight excluding hydrogens is 148 g/mol. The molecule has 1 aromatic rings. The van der Waals surface area contributed by atoms with E-state index in [-0.39, 0.29) is 0 Å². The molecule has 0 spiro atoms. The predicted molar refractivity (Wildman–Crippen MR) is 51.0 cm³/mol. The van der Waals surface area contributed by atoms with Crippen molar-refractivity contribution in [2.45, 2.75) is 6.92 Å². The number of allylic oxidation sites excluding steroid dienone is 2. The Morgan fingerprint density at radius 2 is 2.00 bits per heavy atom. The Morgan fingerprint density at radius 3 is 2.58 bits per heavy atom. The molecule has 1 aromatic carbocycles. The van der Waals surface area contributed by atoms with Crippen LogP contribution in [0, 0.1) is 0 Å². The fourth-order valence-electron chi connectivity index (χ4n) is 0.708. The third-order valence-electron chi connectivity index (χ3n) is 1.45. The third kappa shape index (κ3) is 2.62. The van der Waals surface area contributed by atoms with Crippen LogP contribution in [0.2, 0.25) is 0 Å². The summed E-state index contributed by atoms with van der Waals surface area (Å²) in [6.45, 7) is 5.57. The summed E-state index contributed by atoms with van der Waals surface area (Å²) in [6.07, 6.45) is 3.44. The van der Waals surface area contributed by atoms with E-state index in [4.69, 9.17) is 4.74 Å². The van der Waals surface area contributed by atoms with Gasteiger partial charge in [0.25, 0.3) is 0 Å². The first-order chi connectivity index (χ1) is 5.83. The Kier molecular flexibility index (Phi) is 3.15. The first-order valence-corrected chi connectivity index (χ1v) is 3.84. The fraction of sp³-hybridized carbons (Fsp3) is 0.0909. The standard InChI is InChI=1S/C11H12O/c1-3-10(2)9-12-11-7-5-4-6-8-11/h3-9H,1H2,2H3/b10-9+. The highest BCUT2D eigenvalue weighted by atomic mass is 16.5. The lowest BCUT2D eigenvalue weighted by Gasteiger charge is -1.98. The van der Waals surface area contributed by atoms with Crippen LogP contribution in [0.3, 0.4) is 0 Å². The first kappa shape index (κ1) is 8.60. The molecule has 1 heteroatoms. The smallest absolute Gasteiger partial charge is 0.126 e. The van der Waals surface area contributed by atoms with Gasteiger partial charge in [0.2, 0.25) is 0 Å². The molecule has 0 bridgehead atoms. The van der Waals surface area contributed by atoms with Gasteiger partial charge in [0.05, 0.1) is 6.26 Å². The molecular formula is C11H12O. The first-order valence-electron chi connectivity index (χ1n) is 3.84. The second-order valence-electron chi connectivity index (χ2n) is 2.50. The van der Waals surface area contributed by atoms with E-state index in [0.29, 0.717) is 0 Å². The largest absolute Gasteiger partial charge is 0.465 e. The van der Waals surface area contributed by atoms with Gasteiger partial charge in [0, 0.05) is 0 Å². The zero-order valence-electron chi connectivity index (χ0n) is 7.16. The minimum atomic E-state index is 0.846. The maximum atomic E-state index is 5.33. The SMILES string of the molecule is C=C/C(C)=C/Oc1ccccc1. The molecule has 62 valence electrons. The maximum Gasteiger partial charge on any atom is 0.126 e. The van der Waals surface area contributed by atoms with Gasteiger partial charge in [-0.2, -0.15) is 0 Å². The Labute approximate surface area is 73.0 Å². The van der Waals surface area contributed by atoms with Crippen LogP contribution in [0.4, 0.5) is 0 Å². The Morgan fingerprint density at radius 1 is 1.33 bits per heavy atom. The Bertz CT molecular complexity index is 272. The summed E-state index contributed by atoms with van der Waals surface area (Å²) in [5.41, 5.74) is 1.01. The van der Waals surface area contributed by atoms with Crippen molar-refractivity contribution >= 4 is 0 Å². The average molecular weight is 160 g/mol. The quantitative estimate of drug-likeness (QED) is 0.487. The number of hydrogen-bond donors (Lipinski definition) is 0. The van der Waals surface area contributed by atoms with E-state index in [0.717, 1.165) is 11.3 Å². The second kappa shape index (κ2) is 4.39. The van der Waals surface area contributed by atoms with Gasteiger partial charge in [-0.1, -0.05) is 30.9 Å². The molecule has 1 nitrogen and oxygen atoms in total. The van der Waals surface area contributed by atoms with E-state index < -0.39 is 0 Å². The van der Waals surface area contributed by atoms with E-state index >= 15 is 0 Å². The summed E-state index contributed by atoms with van der Waals surface area (Å²) >= 11 is 0. The van der Waals surface area contributed by atoms with Crippen LogP contribution < -0.4 is 4.74 Å². The molecule has 0 amide bonds. The molecule has 0 atom stereocenters. The summed E-state index contributed by atoms with van der Waals surface area (Å²) in [5, 5.41) is 0. The van der Waals surface area contributed by atoms with Crippen molar-refractivity contribution in [1.82, 2.24) is 0 Å². The number of rotatable bonds is 3. The van der Waals surface area contributed by atoms with Gasteiger partial charge in [0.1, 0.15) is 5.75 Å². The van der Waals surface area contributed by atoms with Crippen molar-refractivity contribution < 1.29 is 4.74 Å². The van der Waals surface area contributed by atoms with Crippen LogP contribution in [-0.4, -0.2) is 0 Å². The molecule has 0 aliphatic carbocycles. The highest BCUT2D eigenvalue weighted by Crippen LogP contribution is 2.09. The number of para-hydroxylation sites is 1. The monoisotopic (exact) mass is 160 g/mol. The molecule has 0 N–H and O–H groups in total. The summed E-state index contributed by atoms with van der Waals surface area (Å²) in [5.74, 6) is 0.846. The van der Waals surface area contributed by atoms with Gasteiger partial charge in [-0.15, -0.1) is 0 Å². The lowest BCUT2D eigenvalue weighted by Crippen LogP contribution is -1.82. The van der Waals surface area contributed by atoms with Gasteiger partial charge in [-0.25, -0.2) is 0 Å². The number of hydrogen-bond acceptors (Lipinski definition) is 1. The summed E-state index contributed by atoms with van der Waals surface area (Å²) in [4.78, 5) is 0. The highest BCUT2D eigenvalue weighted by Gasteiger charge is 1.86. The molecule has 0 fully saturated rings. The fourth-order valence-corrected chi connectivity index (χ4v) is 0.708. The topological polar surface area (TPSA) is 9.23 Å². The highest BCUT2D eigenvalue weighted by molar-refractivity contribution is 5.23. The number of benzene rings is 1. The van der Waals surface area contributed by atoms with Crippen LogP contribution in [0.15, 0.2) is 54.8 Å². The minimum absolute atomic E-state index is 0.846. The van der Waals surface area contributed by atoms with Gasteiger partial charge in [-0.3, -0.25) is 0 Å². The van der Waals surface area contributed by atoms with Crippen molar-refractivity contribution in [2.75, 3.05) is 0 Å².